The third-order valence-electron chi connectivity index (χ3n) is 11.7. The van der Waals surface area contributed by atoms with Crippen LogP contribution in [-0.4, -0.2) is 79.2 Å². The lowest BCUT2D eigenvalue weighted by Crippen LogP contribution is -2.16. The highest BCUT2D eigenvalue weighted by Gasteiger charge is 2.34. The standard InChI is InChI=1S/C44H44Cl4N10O6/c1-7-33(59)51-27-19-49-57(3)43(27)41-23-11-9-21(15-25(23)53-55-41)35-37(45)29(61-5)17-31(39(35)47)63-13-14-64-32-18-30(62-6)38(46)36(40(32)48)22-10-12-24-26(16-22)54-56-42(24)44-28(20-50-58(44)4)52-34(60)8-2/h7-8,17-22H,1-2,9-16H2,3-6H3,(H,51,59)(H,52,60)(H,53,55)(H,54,56)/t21-,22+. The molecule has 0 spiro atoms. The molecule has 4 heterocycles. The number of aromatic amines is 2. The summed E-state index contributed by atoms with van der Waals surface area (Å²) in [6.45, 7) is 7.29. The third kappa shape index (κ3) is 8.30. The first-order valence-electron chi connectivity index (χ1n) is 20.3. The zero-order valence-corrected chi connectivity index (χ0v) is 38.4. The molecule has 2 amide bonds. The van der Waals surface area contributed by atoms with E-state index in [1.165, 1.54) is 26.4 Å². The van der Waals surface area contributed by atoms with Gasteiger partial charge >= 0.3 is 0 Å². The maximum Gasteiger partial charge on any atom is 0.247 e. The average Bonchev–Trinajstić information content (AvgIpc) is 4.08. The number of methoxy groups -OCH3 is 2. The molecule has 6 aromatic rings. The Bertz CT molecular complexity index is 2620. The van der Waals surface area contributed by atoms with E-state index in [9.17, 15) is 9.59 Å². The van der Waals surface area contributed by atoms with Crippen molar-refractivity contribution >= 4 is 69.6 Å². The van der Waals surface area contributed by atoms with Crippen LogP contribution in [0.1, 0.15) is 58.3 Å². The van der Waals surface area contributed by atoms with Gasteiger partial charge in [0.2, 0.25) is 11.8 Å². The number of hydrogen-bond donors (Lipinski definition) is 4. The lowest BCUT2D eigenvalue weighted by Gasteiger charge is -2.27. The predicted octanol–water partition coefficient (Wildman–Crippen LogP) is 8.82. The highest BCUT2D eigenvalue weighted by Crippen LogP contribution is 2.50. The van der Waals surface area contributed by atoms with Gasteiger partial charge in [-0.05, 0) is 62.5 Å². The number of ether oxygens (including phenoxy) is 4. The number of carbonyl (C=O) groups excluding carboxylic acids is 2. The molecule has 0 unspecified atom stereocenters. The molecular formula is C44H44Cl4N10O6. The second-order valence-electron chi connectivity index (χ2n) is 15.3. The van der Waals surface area contributed by atoms with Crippen LogP contribution in [0.4, 0.5) is 11.4 Å². The van der Waals surface area contributed by atoms with E-state index in [0.29, 0.717) is 127 Å². The molecule has 2 aliphatic rings. The summed E-state index contributed by atoms with van der Waals surface area (Å²) in [6, 6.07) is 3.33. The van der Waals surface area contributed by atoms with Crippen LogP contribution in [0.5, 0.6) is 23.0 Å². The van der Waals surface area contributed by atoms with Crippen molar-refractivity contribution in [2.24, 2.45) is 14.1 Å². The summed E-state index contributed by atoms with van der Waals surface area (Å²) in [4.78, 5) is 24.3. The van der Waals surface area contributed by atoms with Gasteiger partial charge in [0, 0.05) is 59.9 Å². The van der Waals surface area contributed by atoms with Crippen LogP contribution < -0.4 is 29.6 Å². The number of aryl methyl sites for hydroxylation is 2. The predicted molar refractivity (Wildman–Crippen MR) is 246 cm³/mol. The van der Waals surface area contributed by atoms with Gasteiger partial charge in [0.15, 0.2) is 0 Å². The van der Waals surface area contributed by atoms with Crippen LogP contribution in [0.2, 0.25) is 20.1 Å². The van der Waals surface area contributed by atoms with Gasteiger partial charge < -0.3 is 29.6 Å². The van der Waals surface area contributed by atoms with Gasteiger partial charge in [0.25, 0.3) is 0 Å². The molecule has 64 heavy (non-hydrogen) atoms. The van der Waals surface area contributed by atoms with E-state index in [1.807, 2.05) is 0 Å². The number of carbonyl (C=O) groups is 2. The van der Waals surface area contributed by atoms with Crippen molar-refractivity contribution in [3.63, 3.8) is 0 Å². The molecular weight excluding hydrogens is 906 g/mol. The number of nitrogens with zero attached hydrogens (tertiary/aromatic N) is 6. The van der Waals surface area contributed by atoms with Crippen LogP contribution in [0, 0.1) is 0 Å². The summed E-state index contributed by atoms with van der Waals surface area (Å²) in [7, 11) is 6.67. The van der Waals surface area contributed by atoms with Crippen molar-refractivity contribution in [1.29, 1.82) is 0 Å². The van der Waals surface area contributed by atoms with E-state index in [0.717, 1.165) is 22.5 Å². The molecule has 0 aliphatic heterocycles. The summed E-state index contributed by atoms with van der Waals surface area (Å²) in [5, 5.41) is 31.6. The Morgan fingerprint density at radius 1 is 0.703 bits per heavy atom. The van der Waals surface area contributed by atoms with Crippen LogP contribution in [0.25, 0.3) is 22.8 Å². The monoisotopic (exact) mass is 948 g/mol. The number of amides is 2. The number of H-pyrrole nitrogens is 2. The molecule has 2 aromatic carbocycles. The van der Waals surface area contributed by atoms with E-state index in [2.05, 4.69) is 54.4 Å². The molecule has 16 nitrogen and oxygen atoms in total. The van der Waals surface area contributed by atoms with Gasteiger partial charge in [0.05, 0.1) is 58.1 Å². The quantitative estimate of drug-likeness (QED) is 0.0572. The fourth-order valence-electron chi connectivity index (χ4n) is 8.63. The van der Waals surface area contributed by atoms with Gasteiger partial charge in [0.1, 0.15) is 59.0 Å². The van der Waals surface area contributed by atoms with E-state index < -0.39 is 0 Å². The highest BCUT2D eigenvalue weighted by atomic mass is 35.5. The molecule has 0 saturated carbocycles. The van der Waals surface area contributed by atoms with Gasteiger partial charge in [-0.15, -0.1) is 0 Å². The van der Waals surface area contributed by atoms with Crippen LogP contribution in [-0.2, 0) is 49.4 Å². The summed E-state index contributed by atoms with van der Waals surface area (Å²) in [5.41, 5.74) is 9.15. The summed E-state index contributed by atoms with van der Waals surface area (Å²) >= 11 is 28.1. The molecule has 8 rings (SSSR count). The molecule has 0 radical (unpaired) electrons. The maximum atomic E-state index is 12.1. The highest BCUT2D eigenvalue weighted by molar-refractivity contribution is 6.38. The van der Waals surface area contributed by atoms with Gasteiger partial charge in [-0.25, -0.2) is 0 Å². The molecule has 0 saturated heterocycles. The van der Waals surface area contributed by atoms with Gasteiger partial charge in [-0.3, -0.25) is 29.2 Å². The maximum absolute atomic E-state index is 12.1. The Balaban J connectivity index is 0.972. The molecule has 4 aromatic heterocycles. The van der Waals surface area contributed by atoms with Crippen molar-refractivity contribution in [3.8, 4) is 45.8 Å². The van der Waals surface area contributed by atoms with E-state index in [-0.39, 0.29) is 36.9 Å². The van der Waals surface area contributed by atoms with Gasteiger partial charge in [-0.1, -0.05) is 59.6 Å². The number of halogens is 4. The van der Waals surface area contributed by atoms with Crippen LogP contribution in [0.15, 0.2) is 49.8 Å². The van der Waals surface area contributed by atoms with E-state index in [4.69, 9.17) is 65.4 Å². The largest absolute Gasteiger partial charge is 0.495 e. The number of fused-ring (bicyclic) bond motifs is 2. The van der Waals surface area contributed by atoms with Crippen molar-refractivity contribution in [2.45, 2.75) is 50.4 Å². The van der Waals surface area contributed by atoms with Crippen molar-refractivity contribution in [1.82, 2.24) is 40.0 Å². The van der Waals surface area contributed by atoms with E-state index in [1.54, 1.807) is 48.0 Å². The third-order valence-corrected chi connectivity index (χ3v) is 13.3. The Morgan fingerprint density at radius 2 is 1.09 bits per heavy atom. The minimum atomic E-state index is -0.343. The lowest BCUT2D eigenvalue weighted by atomic mass is 9.82. The Kier molecular flexibility index (Phi) is 13.0. The first-order chi connectivity index (χ1) is 30.9. The van der Waals surface area contributed by atoms with Crippen LogP contribution >= 0.6 is 46.4 Å². The van der Waals surface area contributed by atoms with Crippen LogP contribution in [0.3, 0.4) is 0 Å². The zero-order chi connectivity index (χ0) is 45.4. The molecule has 2 aliphatic carbocycles. The topological polar surface area (TPSA) is 188 Å². The molecule has 2 atom stereocenters. The fourth-order valence-corrected chi connectivity index (χ4v) is 10.2. The Labute approximate surface area is 388 Å². The Hall–Kier alpha value is -5.94. The second kappa shape index (κ2) is 18.6. The summed E-state index contributed by atoms with van der Waals surface area (Å²) in [6.07, 6.45) is 9.42. The molecule has 0 bridgehead atoms. The summed E-state index contributed by atoms with van der Waals surface area (Å²) in [5.74, 6) is 0.725. The number of hydrogen-bond acceptors (Lipinski definition) is 10. The van der Waals surface area contributed by atoms with E-state index >= 15 is 0 Å². The first-order valence-corrected chi connectivity index (χ1v) is 21.8. The second-order valence-corrected chi connectivity index (χ2v) is 16.8. The number of anilines is 2. The molecule has 20 heteroatoms. The fraction of sp³-hybridized carbons (Fsp3) is 0.318. The molecule has 334 valence electrons. The van der Waals surface area contributed by atoms with Gasteiger partial charge in [-0.2, -0.15) is 20.4 Å². The summed E-state index contributed by atoms with van der Waals surface area (Å²) < 4.78 is 27.2. The number of aromatic nitrogens is 8. The minimum absolute atomic E-state index is 0.0957. The van der Waals surface area contributed by atoms with Crippen molar-refractivity contribution in [3.05, 3.63) is 104 Å². The van der Waals surface area contributed by atoms with Crippen molar-refractivity contribution in [2.75, 3.05) is 38.1 Å². The smallest absolute Gasteiger partial charge is 0.247 e. The lowest BCUT2D eigenvalue weighted by molar-refractivity contribution is -0.112. The SMILES string of the molecule is C=CC(=O)Nc1cnn(C)c1-c1n[nH]c2c1CC[C@@H](c1c(Cl)c(OC)cc(OCCOc3cc(OC)c(Cl)c([C@H]4CCc5c(-c6c(NC(=O)C=C)cnn6C)n[nH]c5C4)c3Cl)c1Cl)C2. The molecule has 4 N–H and O–H groups in total. The minimum Gasteiger partial charge on any atom is -0.495 e. The average molecular weight is 951 g/mol. The normalized spacial score (nSPS) is 15.5. The van der Waals surface area contributed by atoms with Crippen molar-refractivity contribution < 1.29 is 28.5 Å². The Morgan fingerprint density at radius 3 is 1.47 bits per heavy atom. The molecule has 0 fully saturated rings. The first kappa shape index (κ1) is 44.7. The number of nitrogens with one attached hydrogen (secondary N) is 4. The number of benzene rings is 2. The zero-order valence-electron chi connectivity index (χ0n) is 35.3. The number of rotatable bonds is 15.